The summed E-state index contributed by atoms with van der Waals surface area (Å²) in [6.07, 6.45) is 4.50. The first kappa shape index (κ1) is 19.7. The Morgan fingerprint density at radius 3 is 2.64 bits per heavy atom. The van der Waals surface area contributed by atoms with Gasteiger partial charge in [0.05, 0.1) is 0 Å². The number of nitrogens with one attached hydrogen (secondary N) is 2. The van der Waals surface area contributed by atoms with Crippen LogP contribution in [0.1, 0.15) is 42.8 Å². The lowest BCUT2D eigenvalue weighted by Crippen LogP contribution is -2.46. The van der Waals surface area contributed by atoms with E-state index in [1.165, 1.54) is 49.7 Å². The molecule has 1 atom stereocenters. The normalized spacial score (nSPS) is 14.7. The van der Waals surface area contributed by atoms with Crippen molar-refractivity contribution in [1.82, 2.24) is 15.4 Å². The van der Waals surface area contributed by atoms with Gasteiger partial charge in [0.2, 0.25) is 0 Å². The molecule has 2 amide bonds. The number of ether oxygens (including phenoxy) is 1. The molecular weight excluding hydrogens is 361 g/mol. The van der Waals surface area contributed by atoms with Crippen LogP contribution in [0.5, 0.6) is 5.75 Å². The number of carbonyl (C=O) groups is 2. The molecule has 2 N–H and O–H groups in total. The number of hydrogen-bond donors (Lipinski definition) is 2. The summed E-state index contributed by atoms with van der Waals surface area (Å²) in [5, 5.41) is 0. The number of hydrogen-bond acceptors (Lipinski definition) is 3. The standard InChI is InChI=1S/C21H24FN3O3/c1-13-12-16(14(2)25(13)17-9-10-17)8-11-20(26)23-24-21(27)15(3)28-19-7-5-4-6-18(19)22/h4-8,11-12,15,17H,9-10H2,1-3H3,(H,23,26)(H,24,27)/b11-8+/t15-/m0/s1. The van der Waals surface area contributed by atoms with E-state index >= 15 is 0 Å². The summed E-state index contributed by atoms with van der Waals surface area (Å²) < 4.78 is 21.1. The SMILES string of the molecule is Cc1cc(/C=C/C(=O)NNC(=O)[C@H](C)Oc2ccccc2F)c(C)n1C1CC1. The van der Waals surface area contributed by atoms with Crippen molar-refractivity contribution in [2.75, 3.05) is 0 Å². The quantitative estimate of drug-likeness (QED) is 0.592. The zero-order valence-electron chi connectivity index (χ0n) is 16.2. The summed E-state index contributed by atoms with van der Waals surface area (Å²) in [4.78, 5) is 24.0. The molecule has 0 spiro atoms. The molecule has 0 unspecified atom stereocenters. The van der Waals surface area contributed by atoms with Crippen LogP contribution in [-0.2, 0) is 9.59 Å². The highest BCUT2D eigenvalue weighted by molar-refractivity contribution is 5.93. The van der Waals surface area contributed by atoms with Gasteiger partial charge in [-0.05, 0) is 63.5 Å². The number of aromatic nitrogens is 1. The molecule has 1 aromatic carbocycles. The van der Waals surface area contributed by atoms with Crippen molar-refractivity contribution in [2.45, 2.75) is 45.8 Å². The third kappa shape index (κ3) is 4.60. The molecule has 1 fully saturated rings. The third-order valence-corrected chi connectivity index (χ3v) is 4.67. The van der Waals surface area contributed by atoms with Crippen molar-refractivity contribution < 1.29 is 18.7 Å². The number of para-hydroxylation sites is 1. The number of benzene rings is 1. The Hall–Kier alpha value is -3.09. The van der Waals surface area contributed by atoms with Crippen LogP contribution >= 0.6 is 0 Å². The van der Waals surface area contributed by atoms with Crippen LogP contribution in [0.4, 0.5) is 4.39 Å². The summed E-state index contributed by atoms with van der Waals surface area (Å²) in [6.45, 7) is 5.56. The summed E-state index contributed by atoms with van der Waals surface area (Å²) in [6, 6.07) is 8.43. The summed E-state index contributed by atoms with van der Waals surface area (Å²) in [5.74, 6) is -1.64. The van der Waals surface area contributed by atoms with E-state index in [1.807, 2.05) is 13.0 Å². The number of halogens is 1. The predicted octanol–water partition coefficient (Wildman–Crippen LogP) is 3.21. The minimum Gasteiger partial charge on any atom is -0.478 e. The van der Waals surface area contributed by atoms with E-state index in [0.29, 0.717) is 6.04 Å². The first-order chi connectivity index (χ1) is 13.4. The van der Waals surface area contributed by atoms with Crippen molar-refractivity contribution >= 4 is 17.9 Å². The second-order valence-electron chi connectivity index (χ2n) is 6.93. The second-order valence-corrected chi connectivity index (χ2v) is 6.93. The number of aryl methyl sites for hydroxylation is 1. The molecule has 1 aliphatic rings. The highest BCUT2D eigenvalue weighted by atomic mass is 19.1. The van der Waals surface area contributed by atoms with Gasteiger partial charge in [0, 0.05) is 23.5 Å². The van der Waals surface area contributed by atoms with Gasteiger partial charge in [0.1, 0.15) is 0 Å². The Morgan fingerprint density at radius 2 is 1.96 bits per heavy atom. The molecule has 1 aromatic heterocycles. The van der Waals surface area contributed by atoms with E-state index in [4.69, 9.17) is 4.74 Å². The maximum Gasteiger partial charge on any atom is 0.279 e. The molecule has 3 rings (SSSR count). The summed E-state index contributed by atoms with van der Waals surface area (Å²) >= 11 is 0. The summed E-state index contributed by atoms with van der Waals surface area (Å²) in [7, 11) is 0. The molecule has 0 saturated heterocycles. The van der Waals surface area contributed by atoms with Crippen molar-refractivity contribution in [3.05, 3.63) is 59.2 Å². The van der Waals surface area contributed by atoms with Crippen molar-refractivity contribution in [3.8, 4) is 5.75 Å². The lowest BCUT2D eigenvalue weighted by Gasteiger charge is -2.15. The van der Waals surface area contributed by atoms with Gasteiger partial charge < -0.3 is 9.30 Å². The fourth-order valence-corrected chi connectivity index (χ4v) is 3.08. The maximum absolute atomic E-state index is 13.6. The van der Waals surface area contributed by atoms with Gasteiger partial charge in [-0.25, -0.2) is 4.39 Å². The monoisotopic (exact) mass is 385 g/mol. The molecular formula is C21H24FN3O3. The minimum atomic E-state index is -0.973. The van der Waals surface area contributed by atoms with E-state index in [2.05, 4.69) is 22.3 Å². The van der Waals surface area contributed by atoms with Gasteiger partial charge in [-0.3, -0.25) is 20.4 Å². The highest BCUT2D eigenvalue weighted by Crippen LogP contribution is 2.38. The molecule has 0 aliphatic heterocycles. The van der Waals surface area contributed by atoms with E-state index in [9.17, 15) is 14.0 Å². The molecule has 7 heteroatoms. The molecule has 148 valence electrons. The molecule has 1 aliphatic carbocycles. The zero-order chi connectivity index (χ0) is 20.3. The Labute approximate surface area is 163 Å². The van der Waals surface area contributed by atoms with Gasteiger partial charge in [-0.1, -0.05) is 12.1 Å². The molecule has 0 bridgehead atoms. The van der Waals surface area contributed by atoms with E-state index < -0.39 is 23.7 Å². The first-order valence-corrected chi connectivity index (χ1v) is 9.24. The predicted molar refractivity (Wildman–Crippen MR) is 104 cm³/mol. The Morgan fingerprint density at radius 1 is 1.25 bits per heavy atom. The lowest BCUT2D eigenvalue weighted by molar-refractivity contribution is -0.131. The summed E-state index contributed by atoms with van der Waals surface area (Å²) in [5.41, 5.74) is 7.85. The van der Waals surface area contributed by atoms with Crippen LogP contribution in [0.2, 0.25) is 0 Å². The Kier molecular flexibility index (Phi) is 5.82. The van der Waals surface area contributed by atoms with Crippen LogP contribution in [0.3, 0.4) is 0 Å². The van der Waals surface area contributed by atoms with E-state index in [-0.39, 0.29) is 5.75 Å². The molecule has 1 heterocycles. The van der Waals surface area contributed by atoms with Crippen LogP contribution in [-0.4, -0.2) is 22.5 Å². The van der Waals surface area contributed by atoms with Gasteiger partial charge in [0.25, 0.3) is 11.8 Å². The van der Waals surface area contributed by atoms with E-state index in [1.54, 1.807) is 12.1 Å². The van der Waals surface area contributed by atoms with Crippen LogP contribution < -0.4 is 15.6 Å². The molecule has 2 aromatic rings. The van der Waals surface area contributed by atoms with Gasteiger partial charge in [-0.15, -0.1) is 0 Å². The van der Waals surface area contributed by atoms with Crippen molar-refractivity contribution in [1.29, 1.82) is 0 Å². The third-order valence-electron chi connectivity index (χ3n) is 4.67. The Balaban J connectivity index is 1.51. The maximum atomic E-state index is 13.6. The molecule has 1 saturated carbocycles. The first-order valence-electron chi connectivity index (χ1n) is 9.24. The van der Waals surface area contributed by atoms with Crippen molar-refractivity contribution in [2.24, 2.45) is 0 Å². The van der Waals surface area contributed by atoms with Crippen LogP contribution in [0, 0.1) is 19.7 Å². The largest absolute Gasteiger partial charge is 0.478 e. The van der Waals surface area contributed by atoms with Crippen LogP contribution in [0.15, 0.2) is 36.4 Å². The van der Waals surface area contributed by atoms with Gasteiger partial charge in [0.15, 0.2) is 17.7 Å². The fraction of sp³-hybridized carbons (Fsp3) is 0.333. The molecule has 6 nitrogen and oxygen atoms in total. The highest BCUT2D eigenvalue weighted by Gasteiger charge is 2.26. The lowest BCUT2D eigenvalue weighted by atomic mass is 10.2. The average Bonchev–Trinajstić information content (AvgIpc) is 3.45. The number of amides is 2. The minimum absolute atomic E-state index is 0.0256. The second kappa shape index (κ2) is 8.29. The van der Waals surface area contributed by atoms with E-state index in [0.717, 1.165) is 11.3 Å². The number of nitrogens with zero attached hydrogens (tertiary/aromatic N) is 1. The van der Waals surface area contributed by atoms with Crippen molar-refractivity contribution in [3.63, 3.8) is 0 Å². The molecule has 28 heavy (non-hydrogen) atoms. The molecule has 0 radical (unpaired) electrons. The average molecular weight is 385 g/mol. The van der Waals surface area contributed by atoms with Crippen LogP contribution in [0.25, 0.3) is 6.08 Å². The van der Waals surface area contributed by atoms with Gasteiger partial charge >= 0.3 is 0 Å². The number of carbonyl (C=O) groups excluding carboxylic acids is 2. The zero-order valence-corrected chi connectivity index (χ0v) is 16.2. The van der Waals surface area contributed by atoms with Gasteiger partial charge in [-0.2, -0.15) is 0 Å². The fourth-order valence-electron chi connectivity index (χ4n) is 3.08. The smallest absolute Gasteiger partial charge is 0.279 e. The number of rotatable bonds is 6. The number of hydrazine groups is 1. The topological polar surface area (TPSA) is 72.4 Å². The Bertz CT molecular complexity index is 916.